The van der Waals surface area contributed by atoms with E-state index in [0.29, 0.717) is 35.5 Å². The van der Waals surface area contributed by atoms with E-state index in [1.807, 2.05) is 0 Å². The van der Waals surface area contributed by atoms with Crippen LogP contribution in [0.2, 0.25) is 0 Å². The van der Waals surface area contributed by atoms with Crippen LogP contribution < -0.4 is 0 Å². The average molecular weight is 913 g/mol. The predicted molar refractivity (Wildman–Crippen MR) is 229 cm³/mol. The van der Waals surface area contributed by atoms with Gasteiger partial charge in [0.1, 0.15) is 73.2 Å². The summed E-state index contributed by atoms with van der Waals surface area (Å²) in [6, 6.07) is 0. The summed E-state index contributed by atoms with van der Waals surface area (Å²) in [5, 5.41) is 106. The summed E-state index contributed by atoms with van der Waals surface area (Å²) < 4.78 is 36.1. The van der Waals surface area contributed by atoms with Gasteiger partial charge in [0.25, 0.3) is 0 Å². The van der Waals surface area contributed by atoms with Crippen LogP contribution in [-0.4, -0.2) is 169 Å². The highest BCUT2D eigenvalue weighted by Crippen LogP contribution is 2.77. The van der Waals surface area contributed by atoms with Gasteiger partial charge in [0.15, 0.2) is 18.9 Å². The van der Waals surface area contributed by atoms with Gasteiger partial charge in [0.2, 0.25) is 0 Å². The summed E-state index contributed by atoms with van der Waals surface area (Å²) in [5.41, 5.74) is 1.72. The van der Waals surface area contributed by atoms with E-state index in [2.05, 4.69) is 55.0 Å². The van der Waals surface area contributed by atoms with Gasteiger partial charge in [-0.05, 0) is 128 Å². The third-order valence-electron chi connectivity index (χ3n) is 19.8. The fourth-order valence-electron chi connectivity index (χ4n) is 15.9. The molecule has 0 spiro atoms. The van der Waals surface area contributed by atoms with Crippen LogP contribution in [-0.2, 0) is 28.4 Å². The normalized spacial score (nSPS) is 56.0. The van der Waals surface area contributed by atoms with Crippen LogP contribution in [0.5, 0.6) is 0 Å². The highest BCUT2D eigenvalue weighted by Gasteiger charge is 2.70. The van der Waals surface area contributed by atoms with Crippen LogP contribution >= 0.6 is 0 Å². The van der Waals surface area contributed by atoms with E-state index in [0.717, 1.165) is 19.3 Å². The van der Waals surface area contributed by atoms with Crippen molar-refractivity contribution < 1.29 is 79.5 Å². The summed E-state index contributed by atoms with van der Waals surface area (Å²) >= 11 is 0. The molecule has 16 nitrogen and oxygen atoms in total. The summed E-state index contributed by atoms with van der Waals surface area (Å²) in [7, 11) is 0. The molecule has 5 aliphatic carbocycles. The highest BCUT2D eigenvalue weighted by atomic mass is 16.8. The van der Waals surface area contributed by atoms with Crippen molar-refractivity contribution in [2.75, 3.05) is 19.8 Å². The number of ether oxygens (including phenoxy) is 6. The molecule has 3 heterocycles. The van der Waals surface area contributed by atoms with Crippen LogP contribution in [0.25, 0.3) is 0 Å². The zero-order chi connectivity index (χ0) is 46.6. The molecule has 25 atom stereocenters. The standard InChI is InChI=1S/C48H80O16/c1-22(2)23-11-14-45(5)17-18-47(7)24(31(23)45)9-10-29-46(6)15-13-30(44(3,4)28(46)12-16-48(29,47)8)63-43-39(58)40(64-42-38(57)36(55)33(52)26(20-50)61-42)34(53)27(62-43)21-59-41-37(56)35(54)32(51)25(19-49)60-41/h23-43,49-58H,1,9-21H2,2-8H3/t23-,24+,25+,26+,27+,28-,29+,30-,31+,32+,33+,34-,35-,36-,37-,38-,39+,40-,41-,42+,43+,45+,46-,47+,48+/m0/s1. The first-order chi connectivity index (χ1) is 30.0. The molecule has 0 radical (unpaired) electrons. The number of fused-ring (bicyclic) bond motifs is 7. The summed E-state index contributed by atoms with van der Waals surface area (Å²) in [6.07, 6.45) is -13.2. The molecule has 368 valence electrons. The van der Waals surface area contributed by atoms with E-state index in [1.54, 1.807) is 0 Å². The summed E-state index contributed by atoms with van der Waals surface area (Å²) in [5.74, 6) is 2.72. The molecule has 3 aliphatic heterocycles. The number of aliphatic hydroxyl groups is 10. The average Bonchev–Trinajstić information content (AvgIpc) is 3.61. The molecule has 0 bridgehead atoms. The zero-order valence-electron chi connectivity index (χ0n) is 38.9. The molecule has 8 rings (SSSR count). The van der Waals surface area contributed by atoms with Gasteiger partial charge in [0, 0.05) is 0 Å². The van der Waals surface area contributed by atoms with Gasteiger partial charge in [-0.2, -0.15) is 0 Å². The molecular weight excluding hydrogens is 833 g/mol. The lowest BCUT2D eigenvalue weighted by molar-refractivity contribution is -0.375. The van der Waals surface area contributed by atoms with Gasteiger partial charge in [-0.15, -0.1) is 0 Å². The molecule has 0 amide bonds. The zero-order valence-corrected chi connectivity index (χ0v) is 38.9. The molecule has 16 heteroatoms. The number of hydrogen-bond acceptors (Lipinski definition) is 16. The lowest BCUT2D eigenvalue weighted by Gasteiger charge is -2.73. The highest BCUT2D eigenvalue weighted by molar-refractivity contribution is 5.21. The largest absolute Gasteiger partial charge is 0.394 e. The Morgan fingerprint density at radius 2 is 1.16 bits per heavy atom. The number of rotatable bonds is 10. The third-order valence-corrected chi connectivity index (χ3v) is 19.8. The van der Waals surface area contributed by atoms with Crippen molar-refractivity contribution in [1.29, 1.82) is 0 Å². The molecule has 8 fully saturated rings. The van der Waals surface area contributed by atoms with E-state index in [9.17, 15) is 51.1 Å². The van der Waals surface area contributed by atoms with Crippen molar-refractivity contribution in [3.05, 3.63) is 12.2 Å². The maximum absolute atomic E-state index is 12.0. The van der Waals surface area contributed by atoms with E-state index >= 15 is 0 Å². The van der Waals surface area contributed by atoms with Gasteiger partial charge < -0.3 is 79.5 Å². The fraction of sp³-hybridized carbons (Fsp3) is 0.958. The minimum atomic E-state index is -1.84. The van der Waals surface area contributed by atoms with Crippen molar-refractivity contribution >= 4 is 0 Å². The maximum Gasteiger partial charge on any atom is 0.187 e. The van der Waals surface area contributed by atoms with Gasteiger partial charge in [-0.25, -0.2) is 0 Å². The molecule has 0 aromatic heterocycles. The van der Waals surface area contributed by atoms with Crippen molar-refractivity contribution in [2.24, 2.45) is 56.7 Å². The third kappa shape index (κ3) is 7.72. The summed E-state index contributed by atoms with van der Waals surface area (Å²) in [4.78, 5) is 0. The minimum absolute atomic E-state index is 0.0211. The fourth-order valence-corrected chi connectivity index (χ4v) is 15.9. The second-order valence-electron chi connectivity index (χ2n) is 23.2. The van der Waals surface area contributed by atoms with Crippen LogP contribution in [0.1, 0.15) is 113 Å². The molecule has 0 unspecified atom stereocenters. The Balaban J connectivity index is 1.02. The lowest BCUT2D eigenvalue weighted by Crippen LogP contribution is -2.67. The van der Waals surface area contributed by atoms with Gasteiger partial charge in [-0.1, -0.05) is 53.7 Å². The molecular formula is C48H80O16. The Hall–Kier alpha value is -0.900. The Kier molecular flexibility index (Phi) is 13.8. The molecule has 3 saturated heterocycles. The van der Waals surface area contributed by atoms with Crippen molar-refractivity contribution in [3.8, 4) is 0 Å². The van der Waals surface area contributed by atoms with Crippen molar-refractivity contribution in [2.45, 2.75) is 211 Å². The molecule has 5 saturated carbocycles. The number of hydrogen-bond donors (Lipinski definition) is 10. The van der Waals surface area contributed by atoms with Crippen molar-refractivity contribution in [1.82, 2.24) is 0 Å². The molecule has 10 N–H and O–H groups in total. The van der Waals surface area contributed by atoms with E-state index < -0.39 is 123 Å². The van der Waals surface area contributed by atoms with Gasteiger partial charge in [-0.3, -0.25) is 0 Å². The van der Waals surface area contributed by atoms with Gasteiger partial charge in [0.05, 0.1) is 25.9 Å². The minimum Gasteiger partial charge on any atom is -0.394 e. The van der Waals surface area contributed by atoms with E-state index in [-0.39, 0.29) is 22.2 Å². The van der Waals surface area contributed by atoms with Crippen LogP contribution in [0.15, 0.2) is 12.2 Å². The monoisotopic (exact) mass is 913 g/mol. The van der Waals surface area contributed by atoms with Crippen molar-refractivity contribution in [3.63, 3.8) is 0 Å². The topological polar surface area (TPSA) is 258 Å². The smallest absolute Gasteiger partial charge is 0.187 e. The Bertz CT molecular complexity index is 1660. The number of allylic oxidation sites excluding steroid dienone is 1. The SMILES string of the molecule is C=C(C)[C@@H]1CC[C@]2(C)CC[C@]3(C)[C@H](CC[C@@H]4[C@@]5(C)CC[C@H](O[C@H]6O[C@H](CO[C@H]7O[C@H](CO)[C@@H](O)[C@H](O)[C@@H]7O)[C@H](O)[C@H](O[C@H]7O[C@H](CO)[C@@H](O)[C@H](O)[C@@H]7O)[C@H]6O)C(C)(C)[C@@H]5CC[C@]43C)[C@@H]12. The predicted octanol–water partition coefficient (Wildman–Crippen LogP) is 1.50. The molecule has 8 aliphatic rings. The Labute approximate surface area is 378 Å². The first-order valence-corrected chi connectivity index (χ1v) is 24.2. The van der Waals surface area contributed by atoms with Crippen LogP contribution in [0, 0.1) is 56.7 Å². The second kappa shape index (κ2) is 17.8. The number of aliphatic hydroxyl groups excluding tert-OH is 10. The molecule has 64 heavy (non-hydrogen) atoms. The van der Waals surface area contributed by atoms with Gasteiger partial charge >= 0.3 is 0 Å². The van der Waals surface area contributed by atoms with E-state index in [4.69, 9.17) is 28.4 Å². The quantitative estimate of drug-likeness (QED) is 0.110. The Morgan fingerprint density at radius 3 is 1.78 bits per heavy atom. The second-order valence-corrected chi connectivity index (χ2v) is 23.2. The van der Waals surface area contributed by atoms with Crippen LogP contribution in [0.3, 0.4) is 0 Å². The van der Waals surface area contributed by atoms with Crippen LogP contribution in [0.4, 0.5) is 0 Å². The lowest BCUT2D eigenvalue weighted by atomic mass is 9.32. The van der Waals surface area contributed by atoms with E-state index in [1.165, 1.54) is 44.1 Å². The summed E-state index contributed by atoms with van der Waals surface area (Å²) in [6.45, 7) is 19.6. The molecule has 0 aromatic carbocycles. The first-order valence-electron chi connectivity index (χ1n) is 24.2. The Morgan fingerprint density at radius 1 is 0.562 bits per heavy atom. The first kappa shape index (κ1) is 49.5. The molecule has 0 aromatic rings. The maximum atomic E-state index is 12.0.